The summed E-state index contributed by atoms with van der Waals surface area (Å²) in [5, 5.41) is 3.60. The van der Waals surface area contributed by atoms with Crippen LogP contribution in [0.3, 0.4) is 0 Å². The molecule has 0 aromatic carbocycles. The number of nitrogens with zero attached hydrogens (tertiary/aromatic N) is 1. The molecule has 0 aromatic heterocycles. The van der Waals surface area contributed by atoms with E-state index in [9.17, 15) is 0 Å². The molecule has 20 heavy (non-hydrogen) atoms. The highest BCUT2D eigenvalue weighted by Crippen LogP contribution is 2.34. The second kappa shape index (κ2) is 7.79. The first-order valence-electron chi connectivity index (χ1n) is 8.96. The van der Waals surface area contributed by atoms with E-state index in [-0.39, 0.29) is 0 Å². The highest BCUT2D eigenvalue weighted by molar-refractivity contribution is 4.88. The van der Waals surface area contributed by atoms with E-state index in [1.54, 1.807) is 0 Å². The van der Waals surface area contributed by atoms with Crippen LogP contribution < -0.4 is 5.32 Å². The van der Waals surface area contributed by atoms with Crippen LogP contribution in [0, 0.1) is 23.7 Å². The standard InChI is InChI=1S/C18H36N2/c1-14-10-15(2)17(18(11-14)19-3)13-20(4)12-16-8-6-5-7-9-16/h14-19H,5-13H2,1-4H3. The summed E-state index contributed by atoms with van der Waals surface area (Å²) in [6.07, 6.45) is 10.1. The van der Waals surface area contributed by atoms with Crippen LogP contribution in [-0.4, -0.2) is 38.1 Å². The predicted molar refractivity (Wildman–Crippen MR) is 88.0 cm³/mol. The number of hydrogen-bond donors (Lipinski definition) is 1. The first-order chi connectivity index (χ1) is 9.60. The average Bonchev–Trinajstić information content (AvgIpc) is 2.42. The zero-order valence-electron chi connectivity index (χ0n) is 14.2. The molecule has 4 atom stereocenters. The predicted octanol–water partition coefficient (Wildman–Crippen LogP) is 3.77. The Labute approximate surface area is 126 Å². The van der Waals surface area contributed by atoms with Gasteiger partial charge in [-0.2, -0.15) is 0 Å². The number of hydrogen-bond acceptors (Lipinski definition) is 2. The summed E-state index contributed by atoms with van der Waals surface area (Å²) in [6, 6.07) is 0.725. The molecule has 0 aromatic rings. The Hall–Kier alpha value is -0.0800. The van der Waals surface area contributed by atoms with Gasteiger partial charge in [-0.15, -0.1) is 0 Å². The molecule has 2 saturated carbocycles. The minimum Gasteiger partial charge on any atom is -0.317 e. The van der Waals surface area contributed by atoms with Gasteiger partial charge in [0.1, 0.15) is 0 Å². The van der Waals surface area contributed by atoms with Crippen molar-refractivity contribution < 1.29 is 0 Å². The fourth-order valence-electron chi connectivity index (χ4n) is 4.79. The minimum atomic E-state index is 0.725. The summed E-state index contributed by atoms with van der Waals surface area (Å²) in [6.45, 7) is 7.51. The van der Waals surface area contributed by atoms with Gasteiger partial charge in [0.25, 0.3) is 0 Å². The summed E-state index contributed by atoms with van der Waals surface area (Å²) in [4.78, 5) is 2.64. The quantitative estimate of drug-likeness (QED) is 0.824. The first-order valence-corrected chi connectivity index (χ1v) is 8.96. The van der Waals surface area contributed by atoms with Crippen LogP contribution in [0.2, 0.25) is 0 Å². The van der Waals surface area contributed by atoms with E-state index in [2.05, 4.69) is 38.2 Å². The number of rotatable bonds is 5. The fourth-order valence-corrected chi connectivity index (χ4v) is 4.79. The topological polar surface area (TPSA) is 15.3 Å². The molecule has 2 fully saturated rings. The van der Waals surface area contributed by atoms with Gasteiger partial charge >= 0.3 is 0 Å². The molecule has 2 aliphatic carbocycles. The number of nitrogens with one attached hydrogen (secondary N) is 1. The molecule has 4 unspecified atom stereocenters. The molecule has 0 amide bonds. The van der Waals surface area contributed by atoms with Gasteiger partial charge in [-0.1, -0.05) is 33.1 Å². The van der Waals surface area contributed by atoms with Gasteiger partial charge in [0.15, 0.2) is 0 Å². The lowest BCUT2D eigenvalue weighted by atomic mass is 9.72. The lowest BCUT2D eigenvalue weighted by Gasteiger charge is -2.42. The van der Waals surface area contributed by atoms with Crippen molar-refractivity contribution in [1.29, 1.82) is 0 Å². The maximum Gasteiger partial charge on any atom is 0.0110 e. The molecule has 0 saturated heterocycles. The molecule has 0 radical (unpaired) electrons. The highest BCUT2D eigenvalue weighted by Gasteiger charge is 2.33. The van der Waals surface area contributed by atoms with Gasteiger partial charge in [-0.05, 0) is 63.5 Å². The van der Waals surface area contributed by atoms with Crippen molar-refractivity contribution in [3.63, 3.8) is 0 Å². The van der Waals surface area contributed by atoms with Gasteiger partial charge in [0.2, 0.25) is 0 Å². The van der Waals surface area contributed by atoms with Crippen molar-refractivity contribution in [2.75, 3.05) is 27.2 Å². The van der Waals surface area contributed by atoms with E-state index >= 15 is 0 Å². The van der Waals surface area contributed by atoms with Gasteiger partial charge in [0.05, 0.1) is 0 Å². The molecule has 0 bridgehead atoms. The molecular formula is C18H36N2. The summed E-state index contributed by atoms with van der Waals surface area (Å²) < 4.78 is 0. The van der Waals surface area contributed by atoms with Gasteiger partial charge < -0.3 is 10.2 Å². The van der Waals surface area contributed by atoms with E-state index in [1.165, 1.54) is 58.0 Å². The molecule has 0 spiro atoms. The van der Waals surface area contributed by atoms with E-state index < -0.39 is 0 Å². The van der Waals surface area contributed by atoms with Crippen LogP contribution in [0.5, 0.6) is 0 Å². The van der Waals surface area contributed by atoms with Crippen molar-refractivity contribution in [2.45, 2.75) is 64.8 Å². The van der Waals surface area contributed by atoms with Crippen LogP contribution in [0.1, 0.15) is 58.8 Å². The van der Waals surface area contributed by atoms with Crippen molar-refractivity contribution >= 4 is 0 Å². The Morgan fingerprint density at radius 2 is 1.70 bits per heavy atom. The third-order valence-corrected chi connectivity index (χ3v) is 5.87. The van der Waals surface area contributed by atoms with E-state index in [1.807, 2.05) is 0 Å². The molecule has 0 heterocycles. The summed E-state index contributed by atoms with van der Waals surface area (Å²) in [7, 11) is 4.51. The summed E-state index contributed by atoms with van der Waals surface area (Å²) >= 11 is 0. The smallest absolute Gasteiger partial charge is 0.0110 e. The van der Waals surface area contributed by atoms with Gasteiger partial charge in [0, 0.05) is 19.1 Å². The Morgan fingerprint density at radius 3 is 2.35 bits per heavy atom. The zero-order chi connectivity index (χ0) is 14.5. The second-order valence-corrected chi connectivity index (χ2v) is 7.84. The largest absolute Gasteiger partial charge is 0.317 e. The maximum absolute atomic E-state index is 3.60. The van der Waals surface area contributed by atoms with Crippen LogP contribution in [-0.2, 0) is 0 Å². The Kier molecular flexibility index (Phi) is 6.35. The molecule has 0 aliphatic heterocycles. The third kappa shape index (κ3) is 4.46. The molecule has 1 N–H and O–H groups in total. The molecule has 2 rings (SSSR count). The minimum absolute atomic E-state index is 0.725. The second-order valence-electron chi connectivity index (χ2n) is 7.84. The normalized spacial score (nSPS) is 36.5. The van der Waals surface area contributed by atoms with Crippen LogP contribution in [0.25, 0.3) is 0 Å². The molecule has 118 valence electrons. The molecule has 2 aliphatic rings. The van der Waals surface area contributed by atoms with Crippen molar-refractivity contribution in [1.82, 2.24) is 10.2 Å². The molecule has 2 heteroatoms. The zero-order valence-corrected chi connectivity index (χ0v) is 14.2. The van der Waals surface area contributed by atoms with Crippen molar-refractivity contribution in [3.8, 4) is 0 Å². The highest BCUT2D eigenvalue weighted by atomic mass is 15.1. The van der Waals surface area contributed by atoms with Crippen LogP contribution in [0.15, 0.2) is 0 Å². The van der Waals surface area contributed by atoms with E-state index in [0.29, 0.717) is 0 Å². The van der Waals surface area contributed by atoms with Crippen LogP contribution >= 0.6 is 0 Å². The van der Waals surface area contributed by atoms with Gasteiger partial charge in [-0.3, -0.25) is 0 Å². The van der Waals surface area contributed by atoms with Crippen molar-refractivity contribution in [2.24, 2.45) is 23.7 Å². The first kappa shape index (κ1) is 16.3. The average molecular weight is 280 g/mol. The summed E-state index contributed by atoms with van der Waals surface area (Å²) in [5.74, 6) is 3.57. The fraction of sp³-hybridized carbons (Fsp3) is 1.00. The maximum atomic E-state index is 3.60. The van der Waals surface area contributed by atoms with Gasteiger partial charge in [-0.25, -0.2) is 0 Å². The third-order valence-electron chi connectivity index (χ3n) is 5.87. The lowest BCUT2D eigenvalue weighted by molar-refractivity contribution is 0.105. The van der Waals surface area contributed by atoms with E-state index in [4.69, 9.17) is 0 Å². The Bertz CT molecular complexity index is 273. The molecular weight excluding hydrogens is 244 g/mol. The Morgan fingerprint density at radius 1 is 1.00 bits per heavy atom. The lowest BCUT2D eigenvalue weighted by Crippen LogP contribution is -2.48. The monoisotopic (exact) mass is 280 g/mol. The SMILES string of the molecule is CNC1CC(C)CC(C)C1CN(C)CC1CCCCC1. The molecule has 2 nitrogen and oxygen atoms in total. The van der Waals surface area contributed by atoms with Crippen LogP contribution in [0.4, 0.5) is 0 Å². The van der Waals surface area contributed by atoms with E-state index in [0.717, 1.165) is 29.7 Å². The van der Waals surface area contributed by atoms with Crippen molar-refractivity contribution in [3.05, 3.63) is 0 Å². The Balaban J connectivity index is 1.83. The summed E-state index contributed by atoms with van der Waals surface area (Å²) in [5.41, 5.74) is 0.